The van der Waals surface area contributed by atoms with Crippen LogP contribution in [0.5, 0.6) is 0 Å². The van der Waals surface area contributed by atoms with E-state index in [1.165, 1.54) is 17.7 Å². The van der Waals surface area contributed by atoms with Gasteiger partial charge in [0, 0.05) is 50.1 Å². The van der Waals surface area contributed by atoms with Gasteiger partial charge in [0.1, 0.15) is 5.82 Å². The minimum absolute atomic E-state index is 0.0363. The van der Waals surface area contributed by atoms with Crippen molar-refractivity contribution in [3.8, 4) is 0 Å². The van der Waals surface area contributed by atoms with Crippen molar-refractivity contribution in [3.05, 3.63) is 35.0 Å². The van der Waals surface area contributed by atoms with Crippen LogP contribution in [0.25, 0.3) is 0 Å². The van der Waals surface area contributed by atoms with Gasteiger partial charge < -0.3 is 15.1 Å². The number of anilines is 2. The third kappa shape index (κ3) is 4.49. The summed E-state index contributed by atoms with van der Waals surface area (Å²) >= 11 is 1.57. The number of pyridine rings is 1. The van der Waals surface area contributed by atoms with Gasteiger partial charge in [-0.15, -0.1) is 11.3 Å². The van der Waals surface area contributed by atoms with Crippen molar-refractivity contribution in [2.24, 2.45) is 0 Å². The van der Waals surface area contributed by atoms with E-state index in [1.54, 1.807) is 17.5 Å². The molecule has 1 fully saturated rings. The van der Waals surface area contributed by atoms with E-state index in [4.69, 9.17) is 0 Å². The number of hydrogen-bond donors (Lipinski definition) is 1. The van der Waals surface area contributed by atoms with E-state index in [0.717, 1.165) is 37.4 Å². The van der Waals surface area contributed by atoms with Crippen molar-refractivity contribution in [1.29, 1.82) is 0 Å². The molecule has 148 valence electrons. The molecule has 2 aromatic rings. The molecule has 4 rings (SSSR count). The summed E-state index contributed by atoms with van der Waals surface area (Å²) in [5.74, 6) is 0.848. The fourth-order valence-corrected chi connectivity index (χ4v) is 4.76. The molecule has 0 spiro atoms. The molecule has 0 radical (unpaired) electrons. The molecule has 7 nitrogen and oxygen atoms in total. The third-order valence-electron chi connectivity index (χ3n) is 5.26. The summed E-state index contributed by atoms with van der Waals surface area (Å²) < 4.78 is 0. The minimum Gasteiger partial charge on any atom is -0.353 e. The molecule has 1 N–H and O–H groups in total. The second-order valence-corrected chi connectivity index (χ2v) is 8.28. The van der Waals surface area contributed by atoms with Crippen LogP contribution in [0.2, 0.25) is 0 Å². The highest BCUT2D eigenvalue weighted by atomic mass is 32.1. The number of nitrogens with zero attached hydrogens (tertiary/aromatic N) is 4. The molecule has 0 atom stereocenters. The Hall–Kier alpha value is -2.48. The number of rotatable bonds is 5. The predicted molar refractivity (Wildman–Crippen MR) is 110 cm³/mol. The first-order valence-corrected chi connectivity index (χ1v) is 10.7. The number of aromatic nitrogens is 2. The largest absolute Gasteiger partial charge is 0.353 e. The molecular formula is C20H25N5O2S. The Morgan fingerprint density at radius 1 is 1.07 bits per heavy atom. The zero-order chi connectivity index (χ0) is 19.3. The van der Waals surface area contributed by atoms with Crippen LogP contribution in [0.1, 0.15) is 36.3 Å². The summed E-state index contributed by atoms with van der Waals surface area (Å²) in [4.78, 5) is 38.9. The Kier molecular flexibility index (Phi) is 5.85. The molecule has 2 amide bonds. The van der Waals surface area contributed by atoms with Gasteiger partial charge in [0.2, 0.25) is 11.8 Å². The molecule has 1 aliphatic carbocycles. The second-order valence-electron chi connectivity index (χ2n) is 7.20. The quantitative estimate of drug-likeness (QED) is 0.836. The maximum atomic E-state index is 12.5. The third-order valence-corrected chi connectivity index (χ3v) is 6.34. The number of hydrogen-bond acceptors (Lipinski definition) is 6. The van der Waals surface area contributed by atoms with Gasteiger partial charge in [0.25, 0.3) is 0 Å². The van der Waals surface area contributed by atoms with Gasteiger partial charge in [0.05, 0.1) is 5.69 Å². The molecule has 2 aromatic heterocycles. The zero-order valence-corrected chi connectivity index (χ0v) is 16.7. The van der Waals surface area contributed by atoms with Crippen molar-refractivity contribution >= 4 is 34.1 Å². The summed E-state index contributed by atoms with van der Waals surface area (Å²) in [7, 11) is 0. The molecule has 0 bridgehead atoms. The highest BCUT2D eigenvalue weighted by Gasteiger charge is 2.22. The normalized spacial score (nSPS) is 16.6. The van der Waals surface area contributed by atoms with Crippen LogP contribution in [0.3, 0.4) is 0 Å². The van der Waals surface area contributed by atoms with Gasteiger partial charge in [-0.1, -0.05) is 6.07 Å². The van der Waals surface area contributed by atoms with Gasteiger partial charge in [-0.05, 0) is 37.8 Å². The fourth-order valence-electron chi connectivity index (χ4n) is 3.69. The number of thiazole rings is 1. The maximum Gasteiger partial charge on any atom is 0.226 e. The molecule has 0 aromatic carbocycles. The van der Waals surface area contributed by atoms with Crippen molar-refractivity contribution in [2.75, 3.05) is 36.4 Å². The Bertz CT molecular complexity index is 807. The molecule has 3 heterocycles. The molecule has 8 heteroatoms. The second kappa shape index (κ2) is 8.68. The van der Waals surface area contributed by atoms with E-state index in [9.17, 15) is 9.59 Å². The Morgan fingerprint density at radius 2 is 1.89 bits per heavy atom. The van der Waals surface area contributed by atoms with Gasteiger partial charge in [0.15, 0.2) is 5.13 Å². The molecular weight excluding hydrogens is 374 g/mol. The molecule has 0 unspecified atom stereocenters. The lowest BCUT2D eigenvalue weighted by Gasteiger charge is -2.35. The maximum absolute atomic E-state index is 12.5. The number of fused-ring (bicyclic) bond motifs is 1. The van der Waals surface area contributed by atoms with Crippen LogP contribution in [0, 0.1) is 0 Å². The van der Waals surface area contributed by atoms with E-state index >= 15 is 0 Å². The lowest BCUT2D eigenvalue weighted by atomic mass is 10.0. The van der Waals surface area contributed by atoms with Crippen LogP contribution in [-0.4, -0.2) is 52.9 Å². The number of carbonyl (C=O) groups is 2. The number of aryl methyl sites for hydroxylation is 2. The van der Waals surface area contributed by atoms with Gasteiger partial charge >= 0.3 is 0 Å². The first kappa shape index (κ1) is 18.9. The van der Waals surface area contributed by atoms with Gasteiger partial charge in [-0.3, -0.25) is 9.59 Å². The number of amides is 2. The summed E-state index contributed by atoms with van der Waals surface area (Å²) in [6, 6.07) is 5.85. The fraction of sp³-hybridized carbons (Fsp3) is 0.500. The summed E-state index contributed by atoms with van der Waals surface area (Å²) in [6.07, 6.45) is 6.65. The standard InChI is InChI=1S/C20H25N5O2S/c26-18(23-20-22-15-5-1-2-6-16(15)28-20)8-9-19(27)25-13-11-24(12-14-25)17-7-3-4-10-21-17/h3-4,7,10H,1-2,5-6,8-9,11-14H2,(H,22,23,26). The smallest absolute Gasteiger partial charge is 0.226 e. The van der Waals surface area contributed by atoms with Crippen LogP contribution >= 0.6 is 11.3 Å². The summed E-state index contributed by atoms with van der Waals surface area (Å²) in [5, 5.41) is 3.54. The monoisotopic (exact) mass is 399 g/mol. The first-order chi connectivity index (χ1) is 13.7. The van der Waals surface area contributed by atoms with E-state index < -0.39 is 0 Å². The van der Waals surface area contributed by atoms with Crippen molar-refractivity contribution in [2.45, 2.75) is 38.5 Å². The number of nitrogens with one attached hydrogen (secondary N) is 1. The van der Waals surface area contributed by atoms with Crippen molar-refractivity contribution < 1.29 is 9.59 Å². The van der Waals surface area contributed by atoms with Crippen LogP contribution in [0.15, 0.2) is 24.4 Å². The van der Waals surface area contributed by atoms with E-state index in [-0.39, 0.29) is 24.7 Å². The molecule has 1 aliphatic heterocycles. The first-order valence-electron chi connectivity index (χ1n) is 9.91. The Labute approximate surface area is 168 Å². The van der Waals surface area contributed by atoms with Crippen molar-refractivity contribution in [3.63, 3.8) is 0 Å². The zero-order valence-electron chi connectivity index (χ0n) is 15.9. The summed E-state index contributed by atoms with van der Waals surface area (Å²) in [5.41, 5.74) is 1.13. The summed E-state index contributed by atoms with van der Waals surface area (Å²) in [6.45, 7) is 2.85. The van der Waals surface area contributed by atoms with Crippen LogP contribution in [0.4, 0.5) is 10.9 Å². The molecule has 2 aliphatic rings. The predicted octanol–water partition coefficient (Wildman–Crippen LogP) is 2.48. The van der Waals surface area contributed by atoms with Crippen LogP contribution < -0.4 is 10.2 Å². The van der Waals surface area contributed by atoms with E-state index in [2.05, 4.69) is 20.2 Å². The van der Waals surface area contributed by atoms with Crippen molar-refractivity contribution in [1.82, 2.24) is 14.9 Å². The average molecular weight is 400 g/mol. The highest BCUT2D eigenvalue weighted by Crippen LogP contribution is 2.29. The lowest BCUT2D eigenvalue weighted by molar-refractivity contribution is -0.133. The average Bonchev–Trinajstić information content (AvgIpc) is 3.15. The number of piperazine rings is 1. The Balaban J connectivity index is 1.21. The van der Waals surface area contributed by atoms with E-state index in [1.807, 2.05) is 23.1 Å². The minimum atomic E-state index is -0.133. The topological polar surface area (TPSA) is 78.4 Å². The molecule has 0 saturated carbocycles. The Morgan fingerprint density at radius 3 is 2.64 bits per heavy atom. The SMILES string of the molecule is O=C(CCC(=O)N1CCN(c2ccccn2)CC1)Nc1nc2c(s1)CCCC2. The van der Waals surface area contributed by atoms with Gasteiger partial charge in [-0.2, -0.15) is 0 Å². The number of carbonyl (C=O) groups excluding carboxylic acids is 2. The molecule has 28 heavy (non-hydrogen) atoms. The van der Waals surface area contributed by atoms with Gasteiger partial charge in [-0.25, -0.2) is 9.97 Å². The van der Waals surface area contributed by atoms with Crippen LogP contribution in [-0.2, 0) is 22.4 Å². The van der Waals surface area contributed by atoms with E-state index in [0.29, 0.717) is 18.2 Å². The lowest BCUT2D eigenvalue weighted by Crippen LogP contribution is -2.49. The molecule has 1 saturated heterocycles. The highest BCUT2D eigenvalue weighted by molar-refractivity contribution is 7.15.